The Balaban J connectivity index is 0.00000306. The second-order valence-corrected chi connectivity index (χ2v) is 8.40. The van der Waals surface area contributed by atoms with E-state index < -0.39 is 5.76 Å². The molecule has 3 aromatic carbocycles. The van der Waals surface area contributed by atoms with E-state index in [9.17, 15) is 9.59 Å². The fourth-order valence-electron chi connectivity index (χ4n) is 3.54. The Morgan fingerprint density at radius 1 is 0.970 bits per heavy atom. The third-order valence-electron chi connectivity index (χ3n) is 5.25. The summed E-state index contributed by atoms with van der Waals surface area (Å²) in [6.45, 7) is 1.83. The lowest BCUT2D eigenvalue weighted by Crippen LogP contribution is -2.36. The quantitative estimate of drug-likeness (QED) is 0.396. The van der Waals surface area contributed by atoms with Gasteiger partial charge in [0.15, 0.2) is 5.58 Å². The summed E-state index contributed by atoms with van der Waals surface area (Å²) in [7, 11) is 3.97. The van der Waals surface area contributed by atoms with Crippen molar-refractivity contribution in [2.75, 3.05) is 27.2 Å². The number of nitrogens with zero attached hydrogens (tertiary/aromatic N) is 2. The number of hydrogen-bond donors (Lipinski definition) is 1. The van der Waals surface area contributed by atoms with Crippen LogP contribution < -0.4 is 5.76 Å². The van der Waals surface area contributed by atoms with Crippen molar-refractivity contribution >= 4 is 41.0 Å². The van der Waals surface area contributed by atoms with Crippen molar-refractivity contribution in [1.82, 2.24) is 14.8 Å². The Kier molecular flexibility index (Phi) is 7.97. The summed E-state index contributed by atoms with van der Waals surface area (Å²) in [6.07, 6.45) is 0. The number of benzene rings is 3. The topological polar surface area (TPSA) is 69.6 Å². The van der Waals surface area contributed by atoms with E-state index in [1.165, 1.54) is 0 Å². The van der Waals surface area contributed by atoms with Crippen molar-refractivity contribution in [3.8, 4) is 11.1 Å². The number of carbonyl (C=O) groups is 1. The van der Waals surface area contributed by atoms with Crippen LogP contribution in [-0.4, -0.2) is 47.9 Å². The molecule has 0 unspecified atom stereocenters. The zero-order chi connectivity index (χ0) is 22.7. The molecule has 0 saturated carbocycles. The Morgan fingerprint density at radius 2 is 1.70 bits per heavy atom. The summed E-state index contributed by atoms with van der Waals surface area (Å²) >= 11 is 5.98. The summed E-state index contributed by atoms with van der Waals surface area (Å²) < 4.78 is 5.19. The van der Waals surface area contributed by atoms with Crippen LogP contribution in [0.25, 0.3) is 22.2 Å². The van der Waals surface area contributed by atoms with Gasteiger partial charge < -0.3 is 14.2 Å². The minimum Gasteiger partial charge on any atom is -0.408 e. The average molecular weight is 486 g/mol. The summed E-state index contributed by atoms with van der Waals surface area (Å²) in [4.78, 5) is 31.2. The van der Waals surface area contributed by atoms with Gasteiger partial charge in [-0.15, -0.1) is 12.4 Å². The van der Waals surface area contributed by atoms with Gasteiger partial charge >= 0.3 is 5.76 Å². The van der Waals surface area contributed by atoms with Crippen LogP contribution in [0.3, 0.4) is 0 Å². The van der Waals surface area contributed by atoms with Crippen LogP contribution in [0.15, 0.2) is 75.9 Å². The molecule has 0 aliphatic heterocycles. The van der Waals surface area contributed by atoms with E-state index in [0.717, 1.165) is 23.2 Å². The lowest BCUT2D eigenvalue weighted by atomic mass is 10.0. The highest BCUT2D eigenvalue weighted by Crippen LogP contribution is 2.25. The lowest BCUT2D eigenvalue weighted by Gasteiger charge is -2.25. The lowest BCUT2D eigenvalue weighted by molar-refractivity contribution is 0.0732. The molecule has 0 bridgehead atoms. The van der Waals surface area contributed by atoms with Crippen LogP contribution in [0.5, 0.6) is 0 Å². The molecule has 0 aliphatic rings. The van der Waals surface area contributed by atoms with Gasteiger partial charge in [0.2, 0.25) is 0 Å². The zero-order valence-corrected chi connectivity index (χ0v) is 19.9. The van der Waals surface area contributed by atoms with Gasteiger partial charge in [-0.25, -0.2) is 4.79 Å². The van der Waals surface area contributed by atoms with E-state index in [1.54, 1.807) is 24.3 Å². The third kappa shape index (κ3) is 6.05. The van der Waals surface area contributed by atoms with Gasteiger partial charge in [-0.3, -0.25) is 9.78 Å². The Bertz CT molecular complexity index is 1300. The summed E-state index contributed by atoms with van der Waals surface area (Å²) in [5, 5.41) is 0.601. The first-order valence-electron chi connectivity index (χ1n) is 10.3. The van der Waals surface area contributed by atoms with Crippen molar-refractivity contribution in [2.24, 2.45) is 0 Å². The Morgan fingerprint density at radius 3 is 2.42 bits per heavy atom. The zero-order valence-electron chi connectivity index (χ0n) is 18.4. The number of halogens is 2. The van der Waals surface area contributed by atoms with E-state index in [4.69, 9.17) is 16.0 Å². The number of oxazole rings is 1. The number of aromatic nitrogens is 1. The van der Waals surface area contributed by atoms with E-state index in [2.05, 4.69) is 16.0 Å². The van der Waals surface area contributed by atoms with Crippen LogP contribution in [0.4, 0.5) is 0 Å². The van der Waals surface area contributed by atoms with Gasteiger partial charge in [-0.1, -0.05) is 35.9 Å². The van der Waals surface area contributed by atoms with E-state index >= 15 is 0 Å². The average Bonchev–Trinajstić information content (AvgIpc) is 3.16. The predicted molar refractivity (Wildman–Crippen MR) is 134 cm³/mol. The molecule has 6 nitrogen and oxygen atoms in total. The van der Waals surface area contributed by atoms with Gasteiger partial charge in [0, 0.05) is 30.2 Å². The number of likely N-dealkylation sites (N-methyl/N-ethyl adjacent to an activating group) is 1. The standard InChI is InChI=1S/C25H24ClN3O3.ClH/c1-28(2)12-13-29(24(30)18-6-9-21(26)10-7-18)16-17-4-3-5-19(14-17)20-8-11-22-23(15-20)32-25(31)27-22;/h3-11,14-15H,12-13,16H2,1-2H3,(H,27,31);1H. The molecule has 4 rings (SSSR count). The molecule has 172 valence electrons. The van der Waals surface area contributed by atoms with Crippen LogP contribution in [0, 0.1) is 0 Å². The molecule has 1 N–H and O–H groups in total. The van der Waals surface area contributed by atoms with Gasteiger partial charge in [0.1, 0.15) is 0 Å². The molecular formula is C25H25Cl2N3O3. The Labute approximate surface area is 203 Å². The summed E-state index contributed by atoms with van der Waals surface area (Å²) in [5.74, 6) is -0.507. The summed E-state index contributed by atoms with van der Waals surface area (Å²) in [5.41, 5.74) is 4.73. The highest BCUT2D eigenvalue weighted by atomic mass is 35.5. The van der Waals surface area contributed by atoms with Gasteiger partial charge in [-0.2, -0.15) is 0 Å². The molecule has 0 fully saturated rings. The molecule has 4 aromatic rings. The SMILES string of the molecule is CN(C)CCN(Cc1cccc(-c2ccc3[nH]c(=O)oc3c2)c1)C(=O)c1ccc(Cl)cc1.Cl. The maximum Gasteiger partial charge on any atom is 0.417 e. The molecule has 33 heavy (non-hydrogen) atoms. The summed E-state index contributed by atoms with van der Waals surface area (Å²) in [6, 6.07) is 20.6. The van der Waals surface area contributed by atoms with Gasteiger partial charge in [-0.05, 0) is 73.3 Å². The number of amides is 1. The maximum atomic E-state index is 13.2. The van der Waals surface area contributed by atoms with Crippen molar-refractivity contribution in [3.63, 3.8) is 0 Å². The van der Waals surface area contributed by atoms with Crippen LogP contribution in [0.1, 0.15) is 15.9 Å². The molecule has 1 heterocycles. The molecule has 0 saturated heterocycles. The number of nitrogens with one attached hydrogen (secondary N) is 1. The Hall–Kier alpha value is -3.06. The number of H-pyrrole nitrogens is 1. The fraction of sp³-hybridized carbons (Fsp3) is 0.200. The molecule has 1 aromatic heterocycles. The van der Waals surface area contributed by atoms with Gasteiger partial charge in [0.25, 0.3) is 5.91 Å². The van der Waals surface area contributed by atoms with E-state index in [-0.39, 0.29) is 18.3 Å². The number of aromatic amines is 1. The highest BCUT2D eigenvalue weighted by Gasteiger charge is 2.17. The molecule has 8 heteroatoms. The van der Waals surface area contributed by atoms with Gasteiger partial charge in [0.05, 0.1) is 5.52 Å². The largest absolute Gasteiger partial charge is 0.417 e. The molecule has 0 aliphatic carbocycles. The smallest absolute Gasteiger partial charge is 0.408 e. The van der Waals surface area contributed by atoms with E-state index in [0.29, 0.717) is 34.8 Å². The molecule has 1 amide bonds. The predicted octanol–water partition coefficient (Wildman–Crippen LogP) is 5.07. The molecule has 0 radical (unpaired) electrons. The molecule has 0 atom stereocenters. The monoisotopic (exact) mass is 485 g/mol. The number of rotatable bonds is 7. The van der Waals surface area contributed by atoms with Crippen molar-refractivity contribution in [2.45, 2.75) is 6.54 Å². The number of carbonyl (C=O) groups excluding carboxylic acids is 1. The van der Waals surface area contributed by atoms with Crippen molar-refractivity contribution < 1.29 is 9.21 Å². The van der Waals surface area contributed by atoms with E-state index in [1.807, 2.05) is 55.4 Å². The third-order valence-corrected chi connectivity index (χ3v) is 5.50. The first-order valence-corrected chi connectivity index (χ1v) is 10.7. The molecule has 0 spiro atoms. The van der Waals surface area contributed by atoms with Crippen LogP contribution in [0.2, 0.25) is 5.02 Å². The number of hydrogen-bond acceptors (Lipinski definition) is 4. The normalized spacial score (nSPS) is 10.9. The first kappa shape index (κ1) is 24.6. The first-order chi connectivity index (χ1) is 15.4. The van der Waals surface area contributed by atoms with Crippen LogP contribution >= 0.6 is 24.0 Å². The number of fused-ring (bicyclic) bond motifs is 1. The fourth-order valence-corrected chi connectivity index (χ4v) is 3.67. The van der Waals surface area contributed by atoms with Crippen molar-refractivity contribution in [1.29, 1.82) is 0 Å². The minimum absolute atomic E-state index is 0. The second kappa shape index (κ2) is 10.7. The second-order valence-electron chi connectivity index (χ2n) is 7.96. The highest BCUT2D eigenvalue weighted by molar-refractivity contribution is 6.30. The van der Waals surface area contributed by atoms with Crippen molar-refractivity contribution in [3.05, 3.63) is 93.4 Å². The van der Waals surface area contributed by atoms with Crippen LogP contribution in [-0.2, 0) is 6.54 Å². The minimum atomic E-state index is -0.469. The maximum absolute atomic E-state index is 13.2. The molecular weight excluding hydrogens is 461 g/mol.